The van der Waals surface area contributed by atoms with E-state index in [0.717, 1.165) is 29.5 Å². The van der Waals surface area contributed by atoms with Gasteiger partial charge < -0.3 is 14.4 Å². The molecule has 0 saturated carbocycles. The molecule has 6 nitrogen and oxygen atoms in total. The second-order valence-electron chi connectivity index (χ2n) is 7.19. The van der Waals surface area contributed by atoms with Crippen LogP contribution in [0.4, 0.5) is 10.5 Å². The van der Waals surface area contributed by atoms with Gasteiger partial charge in [0.1, 0.15) is 5.75 Å². The summed E-state index contributed by atoms with van der Waals surface area (Å²) < 4.78 is 27.3. The molecule has 0 spiro atoms. The first kappa shape index (κ1) is 21.8. The minimum atomic E-state index is -3.56. The van der Waals surface area contributed by atoms with Crippen LogP contribution in [0.5, 0.6) is 5.75 Å². The van der Waals surface area contributed by atoms with E-state index in [-0.39, 0.29) is 11.8 Å². The van der Waals surface area contributed by atoms with Crippen LogP contribution in [0.3, 0.4) is 0 Å². The molecule has 2 aromatic carbocycles. The lowest BCUT2D eigenvalue weighted by molar-refractivity contribution is 0.201. The lowest BCUT2D eigenvalue weighted by Crippen LogP contribution is -2.37. The monoisotopic (exact) mass is 404 g/mol. The van der Waals surface area contributed by atoms with Gasteiger partial charge in [0.25, 0.3) is 0 Å². The van der Waals surface area contributed by atoms with Crippen LogP contribution in [0, 0.1) is 5.92 Å². The number of aryl methyl sites for hydroxylation is 1. The average Bonchev–Trinajstić information content (AvgIpc) is 2.61. The summed E-state index contributed by atoms with van der Waals surface area (Å²) in [6.07, 6.45) is 1.91. The Kier molecular flexibility index (Phi) is 7.45. The number of carbonyl (C=O) groups excluding carboxylic acids is 1. The van der Waals surface area contributed by atoms with Crippen LogP contribution >= 0.6 is 0 Å². The van der Waals surface area contributed by atoms with Gasteiger partial charge in [-0.15, -0.1) is 0 Å². The van der Waals surface area contributed by atoms with E-state index in [9.17, 15) is 13.2 Å². The van der Waals surface area contributed by atoms with Crippen molar-refractivity contribution in [2.45, 2.75) is 33.7 Å². The first-order chi connectivity index (χ1) is 13.2. The third-order valence-electron chi connectivity index (χ3n) is 4.00. The lowest BCUT2D eigenvalue weighted by Gasteiger charge is -2.25. The summed E-state index contributed by atoms with van der Waals surface area (Å²) >= 11 is 0. The van der Waals surface area contributed by atoms with Crippen molar-refractivity contribution in [3.05, 3.63) is 59.7 Å². The van der Waals surface area contributed by atoms with Crippen molar-refractivity contribution in [1.82, 2.24) is 4.90 Å². The summed E-state index contributed by atoms with van der Waals surface area (Å²) in [4.78, 5) is 14.6. The zero-order valence-electron chi connectivity index (χ0n) is 16.8. The Morgan fingerprint density at radius 3 is 2.36 bits per heavy atom. The molecule has 0 saturated heterocycles. The molecular formula is C21H28N2O4S. The fraction of sp³-hybridized carbons (Fsp3) is 0.381. The standard InChI is InChI=1S/C21H28N2O4S/c1-5-17-7-6-8-19(13-17)22-21(24)23(14-16(2)3)15-18-9-11-20(12-10-18)27-28(4,25)26/h6-13,16H,5,14-15H2,1-4H3,(H,22,24). The first-order valence-corrected chi connectivity index (χ1v) is 11.1. The maximum Gasteiger partial charge on any atom is 0.322 e. The fourth-order valence-corrected chi connectivity index (χ4v) is 3.24. The van der Waals surface area contributed by atoms with Crippen LogP contribution in [-0.4, -0.2) is 32.1 Å². The van der Waals surface area contributed by atoms with Crippen molar-refractivity contribution in [2.75, 3.05) is 18.1 Å². The Balaban J connectivity index is 2.10. The molecule has 0 fully saturated rings. The molecule has 0 aliphatic carbocycles. The highest BCUT2D eigenvalue weighted by Gasteiger charge is 2.16. The first-order valence-electron chi connectivity index (χ1n) is 9.29. The van der Waals surface area contributed by atoms with Gasteiger partial charge in [-0.25, -0.2) is 4.79 Å². The average molecular weight is 405 g/mol. The maximum atomic E-state index is 12.8. The van der Waals surface area contributed by atoms with Gasteiger partial charge >= 0.3 is 16.1 Å². The van der Waals surface area contributed by atoms with Crippen LogP contribution in [0.2, 0.25) is 0 Å². The quantitative estimate of drug-likeness (QED) is 0.667. The molecule has 2 aromatic rings. The molecule has 1 N–H and O–H groups in total. The highest BCUT2D eigenvalue weighted by Crippen LogP contribution is 2.17. The van der Waals surface area contributed by atoms with Gasteiger partial charge in [0.2, 0.25) is 0 Å². The van der Waals surface area contributed by atoms with Gasteiger partial charge in [0, 0.05) is 18.8 Å². The Morgan fingerprint density at radius 2 is 1.79 bits per heavy atom. The topological polar surface area (TPSA) is 75.7 Å². The van der Waals surface area contributed by atoms with E-state index in [1.165, 1.54) is 0 Å². The normalized spacial score (nSPS) is 11.3. The van der Waals surface area contributed by atoms with Crippen molar-refractivity contribution in [3.63, 3.8) is 0 Å². The summed E-state index contributed by atoms with van der Waals surface area (Å²) in [5.41, 5.74) is 2.82. The van der Waals surface area contributed by atoms with E-state index in [1.54, 1.807) is 29.2 Å². The highest BCUT2D eigenvalue weighted by atomic mass is 32.2. The van der Waals surface area contributed by atoms with Crippen LogP contribution < -0.4 is 9.50 Å². The van der Waals surface area contributed by atoms with E-state index in [4.69, 9.17) is 4.18 Å². The Labute approximate surface area is 167 Å². The number of anilines is 1. The maximum absolute atomic E-state index is 12.8. The van der Waals surface area contributed by atoms with Crippen LogP contribution in [0.15, 0.2) is 48.5 Å². The number of hydrogen-bond donors (Lipinski definition) is 1. The predicted molar refractivity (Wildman–Crippen MR) is 112 cm³/mol. The Hall–Kier alpha value is -2.54. The van der Waals surface area contributed by atoms with E-state index in [2.05, 4.69) is 26.1 Å². The summed E-state index contributed by atoms with van der Waals surface area (Å²) in [7, 11) is -3.56. The molecule has 0 heterocycles. The van der Waals surface area contributed by atoms with Crippen molar-refractivity contribution >= 4 is 21.8 Å². The van der Waals surface area contributed by atoms with Gasteiger partial charge in [-0.3, -0.25) is 0 Å². The predicted octanol–water partition coefficient (Wildman–Crippen LogP) is 4.28. The molecule has 0 radical (unpaired) electrons. The number of nitrogens with zero attached hydrogens (tertiary/aromatic N) is 1. The van der Waals surface area contributed by atoms with E-state index in [1.807, 2.05) is 24.3 Å². The molecule has 0 aliphatic rings. The number of hydrogen-bond acceptors (Lipinski definition) is 4. The Morgan fingerprint density at radius 1 is 1.11 bits per heavy atom. The Bertz CT molecular complexity index is 893. The molecule has 2 rings (SSSR count). The fourth-order valence-electron chi connectivity index (χ4n) is 2.78. The number of benzene rings is 2. The van der Waals surface area contributed by atoms with Gasteiger partial charge in [-0.1, -0.05) is 45.0 Å². The van der Waals surface area contributed by atoms with Gasteiger partial charge in [-0.2, -0.15) is 8.42 Å². The van der Waals surface area contributed by atoms with Gasteiger partial charge in [-0.05, 0) is 47.7 Å². The SMILES string of the molecule is CCc1cccc(NC(=O)N(Cc2ccc(OS(C)(=O)=O)cc2)CC(C)C)c1. The molecule has 0 unspecified atom stereocenters. The largest absolute Gasteiger partial charge is 0.383 e. The molecule has 0 bridgehead atoms. The van der Waals surface area contributed by atoms with Gasteiger partial charge in [0.05, 0.1) is 6.26 Å². The van der Waals surface area contributed by atoms with Crippen LogP contribution in [0.1, 0.15) is 31.9 Å². The summed E-state index contributed by atoms with van der Waals surface area (Å²) in [6, 6.07) is 14.4. The van der Waals surface area contributed by atoms with E-state index >= 15 is 0 Å². The zero-order valence-corrected chi connectivity index (χ0v) is 17.6. The third-order valence-corrected chi connectivity index (χ3v) is 4.50. The highest BCUT2D eigenvalue weighted by molar-refractivity contribution is 7.86. The second-order valence-corrected chi connectivity index (χ2v) is 8.76. The van der Waals surface area contributed by atoms with Crippen molar-refractivity contribution < 1.29 is 17.4 Å². The minimum absolute atomic E-state index is 0.168. The number of nitrogens with one attached hydrogen (secondary N) is 1. The number of carbonyl (C=O) groups is 1. The lowest BCUT2D eigenvalue weighted by atomic mass is 10.1. The van der Waals surface area contributed by atoms with Crippen molar-refractivity contribution in [2.24, 2.45) is 5.92 Å². The summed E-state index contributed by atoms with van der Waals surface area (Å²) in [5.74, 6) is 0.558. The molecule has 0 aromatic heterocycles. The summed E-state index contributed by atoms with van der Waals surface area (Å²) in [6.45, 7) is 7.20. The third kappa shape index (κ3) is 7.23. The molecule has 28 heavy (non-hydrogen) atoms. The van der Waals surface area contributed by atoms with Crippen LogP contribution in [0.25, 0.3) is 0 Å². The molecule has 152 valence electrons. The van der Waals surface area contributed by atoms with Crippen molar-refractivity contribution in [3.8, 4) is 5.75 Å². The zero-order chi connectivity index (χ0) is 20.7. The second kappa shape index (κ2) is 9.59. The number of rotatable bonds is 8. The molecule has 2 amide bonds. The van der Waals surface area contributed by atoms with Crippen LogP contribution in [-0.2, 0) is 23.1 Å². The molecular weight excluding hydrogens is 376 g/mol. The van der Waals surface area contributed by atoms with Gasteiger partial charge in [0.15, 0.2) is 0 Å². The van der Waals surface area contributed by atoms with E-state index < -0.39 is 10.1 Å². The molecule has 0 atom stereocenters. The smallest absolute Gasteiger partial charge is 0.322 e. The summed E-state index contributed by atoms with van der Waals surface area (Å²) in [5, 5.41) is 2.97. The van der Waals surface area contributed by atoms with E-state index in [0.29, 0.717) is 19.0 Å². The molecule has 7 heteroatoms. The molecule has 0 aliphatic heterocycles. The minimum Gasteiger partial charge on any atom is -0.383 e. The van der Waals surface area contributed by atoms with Crippen molar-refractivity contribution in [1.29, 1.82) is 0 Å². The number of amides is 2. The number of urea groups is 1.